The molecule has 0 amide bonds. The van der Waals surface area contributed by atoms with Crippen molar-refractivity contribution < 1.29 is 0 Å². The highest BCUT2D eigenvalue weighted by atomic mass is 79.9. The summed E-state index contributed by atoms with van der Waals surface area (Å²) in [6, 6.07) is 13.5. The molecule has 0 radical (unpaired) electrons. The molecule has 0 spiro atoms. The topological polar surface area (TPSA) is 52.2 Å². The van der Waals surface area contributed by atoms with Crippen LogP contribution >= 0.6 is 27.5 Å². The molecule has 0 aliphatic rings. The quantitative estimate of drug-likeness (QED) is 0.265. The maximum Gasteiger partial charge on any atom is 0.282 e. The van der Waals surface area contributed by atoms with E-state index in [0.29, 0.717) is 21.7 Å². The molecule has 33 heavy (non-hydrogen) atoms. The average molecular weight is 526 g/mol. The zero-order valence-corrected chi connectivity index (χ0v) is 21.7. The Morgan fingerprint density at radius 3 is 2.64 bits per heavy atom. The van der Waals surface area contributed by atoms with Crippen molar-refractivity contribution >= 4 is 44.6 Å². The van der Waals surface area contributed by atoms with Crippen molar-refractivity contribution in [3.8, 4) is 5.69 Å². The van der Waals surface area contributed by atoms with Gasteiger partial charge in [0.25, 0.3) is 5.56 Å². The van der Waals surface area contributed by atoms with Gasteiger partial charge in [-0.3, -0.25) is 4.79 Å². The summed E-state index contributed by atoms with van der Waals surface area (Å²) in [6.07, 6.45) is 2.60. The minimum Gasteiger partial charge on any atom is -0.318 e. The Balaban J connectivity index is 1.86. The molecule has 2 aromatic heterocycles. The van der Waals surface area contributed by atoms with Crippen LogP contribution in [0.2, 0.25) is 5.02 Å². The fraction of sp³-hybridized carbons (Fsp3) is 0.269. The van der Waals surface area contributed by atoms with Crippen molar-refractivity contribution in [2.45, 2.75) is 47.0 Å². The molecule has 1 atom stereocenters. The van der Waals surface area contributed by atoms with Crippen LogP contribution in [0.1, 0.15) is 54.5 Å². The molecular weight excluding hydrogens is 500 g/mol. The summed E-state index contributed by atoms with van der Waals surface area (Å²) in [5.41, 5.74) is 5.69. The Hall–Kier alpha value is -2.70. The largest absolute Gasteiger partial charge is 0.318 e. The summed E-state index contributed by atoms with van der Waals surface area (Å²) in [4.78, 5) is 18.2. The van der Waals surface area contributed by atoms with Gasteiger partial charge in [-0.15, -0.1) is 0 Å². The number of aryl methyl sites for hydroxylation is 2. The Bertz CT molecular complexity index is 1450. The third-order valence-corrected chi connectivity index (χ3v) is 6.81. The van der Waals surface area contributed by atoms with Crippen LogP contribution < -0.4 is 5.56 Å². The van der Waals surface area contributed by atoms with Crippen molar-refractivity contribution in [3.05, 3.63) is 90.7 Å². The van der Waals surface area contributed by atoms with Gasteiger partial charge < -0.3 is 4.57 Å². The van der Waals surface area contributed by atoms with Crippen molar-refractivity contribution in [3.63, 3.8) is 0 Å². The molecule has 0 fully saturated rings. The van der Waals surface area contributed by atoms with Gasteiger partial charge >= 0.3 is 0 Å². The molecule has 4 rings (SSSR count). The molecule has 0 bridgehead atoms. The normalized spacial score (nSPS) is 12.7. The molecule has 2 aromatic carbocycles. The van der Waals surface area contributed by atoms with Crippen LogP contribution in [0, 0.1) is 20.8 Å². The summed E-state index contributed by atoms with van der Waals surface area (Å²) in [5, 5.41) is 5.86. The lowest BCUT2D eigenvalue weighted by molar-refractivity contribution is 0.613. The Labute approximate surface area is 206 Å². The van der Waals surface area contributed by atoms with Crippen molar-refractivity contribution in [2.75, 3.05) is 0 Å². The first-order chi connectivity index (χ1) is 15.7. The first kappa shape index (κ1) is 23.5. The van der Waals surface area contributed by atoms with E-state index < -0.39 is 0 Å². The van der Waals surface area contributed by atoms with Gasteiger partial charge in [-0.2, -0.15) is 9.78 Å². The lowest BCUT2D eigenvalue weighted by Gasteiger charge is -2.14. The second-order valence-electron chi connectivity index (χ2n) is 8.39. The number of hydrogen-bond donors (Lipinski definition) is 0. The summed E-state index contributed by atoms with van der Waals surface area (Å²) in [7, 11) is 0. The standard InChI is InChI=1S/C26H26BrClN4O/c1-6-15(2)25-30-23-10-8-20(27)12-22(23)26(33)32(25)29-14-19-11-17(4)31(18(19)5)24-13-21(28)9-7-16(24)3/h7-15H,6H2,1-5H3/t15-/m1/s1. The number of nitrogens with zero attached hydrogens (tertiary/aromatic N) is 4. The highest BCUT2D eigenvalue weighted by Gasteiger charge is 2.16. The van der Waals surface area contributed by atoms with Crippen molar-refractivity contribution in [1.82, 2.24) is 14.2 Å². The van der Waals surface area contributed by atoms with Gasteiger partial charge in [-0.1, -0.05) is 47.4 Å². The number of fused-ring (bicyclic) bond motifs is 1. The van der Waals surface area contributed by atoms with Gasteiger partial charge in [0.15, 0.2) is 0 Å². The molecule has 0 saturated carbocycles. The predicted octanol–water partition coefficient (Wildman–Crippen LogP) is 6.92. The molecule has 0 saturated heterocycles. The zero-order valence-electron chi connectivity index (χ0n) is 19.4. The first-order valence-corrected chi connectivity index (χ1v) is 12.1. The molecule has 0 unspecified atom stereocenters. The van der Waals surface area contributed by atoms with Gasteiger partial charge in [-0.25, -0.2) is 4.98 Å². The van der Waals surface area contributed by atoms with Gasteiger partial charge in [0.05, 0.1) is 17.1 Å². The number of aromatic nitrogens is 3. The number of halogens is 2. The van der Waals surface area contributed by atoms with Gasteiger partial charge in [0.2, 0.25) is 0 Å². The fourth-order valence-electron chi connectivity index (χ4n) is 4.01. The number of hydrogen-bond acceptors (Lipinski definition) is 3. The van der Waals surface area contributed by atoms with Crippen LogP contribution in [0.25, 0.3) is 16.6 Å². The third kappa shape index (κ3) is 4.42. The van der Waals surface area contributed by atoms with E-state index in [0.717, 1.165) is 39.1 Å². The highest BCUT2D eigenvalue weighted by molar-refractivity contribution is 9.10. The summed E-state index contributed by atoms with van der Waals surface area (Å²) in [6.45, 7) is 10.3. The monoisotopic (exact) mass is 524 g/mol. The fourth-order valence-corrected chi connectivity index (χ4v) is 4.54. The predicted molar refractivity (Wildman–Crippen MR) is 140 cm³/mol. The Kier molecular flexibility index (Phi) is 6.59. The smallest absolute Gasteiger partial charge is 0.282 e. The molecule has 0 aliphatic heterocycles. The van der Waals surface area contributed by atoms with E-state index in [1.54, 1.807) is 12.3 Å². The van der Waals surface area contributed by atoms with Crippen LogP contribution in [0.4, 0.5) is 0 Å². The van der Waals surface area contributed by atoms with E-state index in [4.69, 9.17) is 16.6 Å². The Morgan fingerprint density at radius 2 is 1.91 bits per heavy atom. The van der Waals surface area contributed by atoms with Gasteiger partial charge in [-0.05, 0) is 69.2 Å². The van der Waals surface area contributed by atoms with Crippen LogP contribution in [0.3, 0.4) is 0 Å². The lowest BCUT2D eigenvalue weighted by Crippen LogP contribution is -2.23. The van der Waals surface area contributed by atoms with E-state index in [9.17, 15) is 4.79 Å². The minimum atomic E-state index is -0.174. The maximum absolute atomic E-state index is 13.4. The molecule has 4 aromatic rings. The van der Waals surface area contributed by atoms with Crippen LogP contribution in [-0.4, -0.2) is 20.4 Å². The Morgan fingerprint density at radius 1 is 1.15 bits per heavy atom. The summed E-state index contributed by atoms with van der Waals surface area (Å²) >= 11 is 9.72. The lowest BCUT2D eigenvalue weighted by atomic mass is 10.1. The number of rotatable bonds is 5. The van der Waals surface area contributed by atoms with Crippen molar-refractivity contribution in [2.24, 2.45) is 5.10 Å². The van der Waals surface area contributed by atoms with Gasteiger partial charge in [0.1, 0.15) is 5.82 Å². The molecule has 5 nitrogen and oxygen atoms in total. The second kappa shape index (κ2) is 9.27. The minimum absolute atomic E-state index is 0.0874. The molecular formula is C26H26BrClN4O. The van der Waals surface area contributed by atoms with Crippen molar-refractivity contribution in [1.29, 1.82) is 0 Å². The molecule has 2 heterocycles. The SMILES string of the molecule is CC[C@@H](C)c1nc2ccc(Br)cc2c(=O)n1N=Cc1cc(C)n(-c2cc(Cl)ccc2C)c1C. The van der Waals surface area contributed by atoms with Gasteiger partial charge in [0, 0.05) is 38.1 Å². The average Bonchev–Trinajstić information content (AvgIpc) is 3.07. The first-order valence-electron chi connectivity index (χ1n) is 10.9. The number of benzene rings is 2. The highest BCUT2D eigenvalue weighted by Crippen LogP contribution is 2.26. The molecule has 0 aliphatic carbocycles. The second-order valence-corrected chi connectivity index (χ2v) is 9.75. The van der Waals surface area contributed by atoms with Crippen LogP contribution in [0.5, 0.6) is 0 Å². The third-order valence-electron chi connectivity index (χ3n) is 6.08. The van der Waals surface area contributed by atoms with Crippen LogP contribution in [-0.2, 0) is 0 Å². The molecule has 170 valence electrons. The van der Waals surface area contributed by atoms with E-state index in [-0.39, 0.29) is 11.5 Å². The van der Waals surface area contributed by atoms with E-state index in [2.05, 4.69) is 59.4 Å². The van der Waals surface area contributed by atoms with E-state index in [1.165, 1.54) is 4.68 Å². The zero-order chi connectivity index (χ0) is 23.9. The summed E-state index contributed by atoms with van der Waals surface area (Å²) < 4.78 is 4.44. The molecule has 7 heteroatoms. The maximum atomic E-state index is 13.4. The molecule has 0 N–H and O–H groups in total. The summed E-state index contributed by atoms with van der Waals surface area (Å²) in [5.74, 6) is 0.748. The van der Waals surface area contributed by atoms with Crippen LogP contribution in [0.15, 0.2) is 56.8 Å². The van der Waals surface area contributed by atoms with E-state index in [1.807, 2.05) is 37.3 Å². The van der Waals surface area contributed by atoms with E-state index >= 15 is 0 Å².